The quantitative estimate of drug-likeness (QED) is 0.832. The van der Waals surface area contributed by atoms with Gasteiger partial charge in [0.15, 0.2) is 12.4 Å². The molecule has 2 rings (SSSR count). The Morgan fingerprint density at radius 2 is 1.83 bits per heavy atom. The van der Waals surface area contributed by atoms with E-state index in [0.29, 0.717) is 12.5 Å². The second-order valence-corrected chi connectivity index (χ2v) is 6.07. The third kappa shape index (κ3) is 4.55. The third-order valence-corrected chi connectivity index (χ3v) is 4.09. The minimum absolute atomic E-state index is 0.0108. The number of amides is 1. The molecule has 1 atom stereocenters. The van der Waals surface area contributed by atoms with Gasteiger partial charge in [-0.25, -0.2) is 0 Å². The molecule has 0 saturated carbocycles. The first-order valence-corrected chi connectivity index (χ1v) is 8.06. The van der Waals surface area contributed by atoms with Crippen LogP contribution in [-0.2, 0) is 11.3 Å². The molecule has 0 fully saturated rings. The SMILES string of the molecule is CC[C@H](C)c1ccccc1NC(=O)C[n+]1ccc(N(C)C)cc1. The number of nitrogens with zero attached hydrogens (tertiary/aromatic N) is 2. The Bertz CT molecular complexity index is 650. The molecule has 1 amide bonds. The number of carbonyl (C=O) groups is 1. The molecule has 4 heteroatoms. The topological polar surface area (TPSA) is 36.2 Å². The van der Waals surface area contributed by atoms with Gasteiger partial charge in [0.05, 0.1) is 0 Å². The normalized spacial score (nSPS) is 11.8. The fraction of sp³-hybridized carbons (Fsp3) is 0.368. The molecule has 0 aliphatic rings. The maximum absolute atomic E-state index is 12.3. The molecule has 1 aromatic carbocycles. The molecular weight excluding hydrogens is 286 g/mol. The first kappa shape index (κ1) is 17.0. The Labute approximate surface area is 138 Å². The van der Waals surface area contributed by atoms with Crippen molar-refractivity contribution in [3.8, 4) is 0 Å². The molecule has 1 aromatic heterocycles. The first-order chi connectivity index (χ1) is 11.0. The van der Waals surface area contributed by atoms with Crippen LogP contribution in [0.1, 0.15) is 31.7 Å². The fourth-order valence-corrected chi connectivity index (χ4v) is 2.47. The van der Waals surface area contributed by atoms with Gasteiger partial charge in [0.1, 0.15) is 0 Å². The van der Waals surface area contributed by atoms with Gasteiger partial charge in [0.25, 0.3) is 5.91 Å². The summed E-state index contributed by atoms with van der Waals surface area (Å²) in [5.74, 6) is 0.418. The number of aromatic nitrogens is 1. The minimum atomic E-state index is -0.0108. The minimum Gasteiger partial charge on any atom is -0.377 e. The van der Waals surface area contributed by atoms with Gasteiger partial charge >= 0.3 is 0 Å². The summed E-state index contributed by atoms with van der Waals surface area (Å²) < 4.78 is 1.88. The highest BCUT2D eigenvalue weighted by atomic mass is 16.1. The molecule has 0 radical (unpaired) electrons. The van der Waals surface area contributed by atoms with E-state index in [4.69, 9.17) is 0 Å². The van der Waals surface area contributed by atoms with Gasteiger partial charge in [-0.1, -0.05) is 32.0 Å². The average Bonchev–Trinajstić information content (AvgIpc) is 2.55. The Morgan fingerprint density at radius 3 is 2.43 bits per heavy atom. The third-order valence-electron chi connectivity index (χ3n) is 4.09. The van der Waals surface area contributed by atoms with E-state index < -0.39 is 0 Å². The largest absolute Gasteiger partial charge is 0.377 e. The van der Waals surface area contributed by atoms with Crippen LogP contribution in [0.3, 0.4) is 0 Å². The zero-order chi connectivity index (χ0) is 16.8. The zero-order valence-corrected chi connectivity index (χ0v) is 14.4. The number of hydrogen-bond donors (Lipinski definition) is 1. The number of rotatable bonds is 6. The predicted octanol–water partition coefficient (Wildman–Crippen LogP) is 3.19. The molecule has 0 aliphatic carbocycles. The van der Waals surface area contributed by atoms with Crippen LogP contribution in [0.25, 0.3) is 0 Å². The highest BCUT2D eigenvalue weighted by Crippen LogP contribution is 2.26. The monoisotopic (exact) mass is 312 g/mol. The summed E-state index contributed by atoms with van der Waals surface area (Å²) in [5.41, 5.74) is 3.22. The first-order valence-electron chi connectivity index (χ1n) is 8.06. The van der Waals surface area contributed by atoms with Crippen LogP contribution in [-0.4, -0.2) is 20.0 Å². The maximum Gasteiger partial charge on any atom is 0.290 e. The van der Waals surface area contributed by atoms with E-state index in [1.54, 1.807) is 0 Å². The van der Waals surface area contributed by atoms with Crippen LogP contribution in [0.5, 0.6) is 0 Å². The van der Waals surface area contributed by atoms with Crippen LogP contribution < -0.4 is 14.8 Å². The Balaban J connectivity index is 2.05. The smallest absolute Gasteiger partial charge is 0.290 e. The molecule has 1 N–H and O–H groups in total. The lowest BCUT2D eigenvalue weighted by Crippen LogP contribution is -2.39. The molecule has 0 bridgehead atoms. The van der Waals surface area contributed by atoms with Crippen molar-refractivity contribution in [2.45, 2.75) is 32.7 Å². The van der Waals surface area contributed by atoms with Crippen molar-refractivity contribution in [3.63, 3.8) is 0 Å². The van der Waals surface area contributed by atoms with Crippen molar-refractivity contribution >= 4 is 17.3 Å². The lowest BCUT2D eigenvalue weighted by Gasteiger charge is -2.15. The number of anilines is 2. The fourth-order valence-electron chi connectivity index (χ4n) is 2.47. The van der Waals surface area contributed by atoms with Crippen molar-refractivity contribution in [3.05, 3.63) is 54.4 Å². The van der Waals surface area contributed by atoms with E-state index in [1.807, 2.05) is 66.3 Å². The van der Waals surface area contributed by atoms with E-state index in [-0.39, 0.29) is 5.91 Å². The van der Waals surface area contributed by atoms with Crippen LogP contribution in [0.4, 0.5) is 11.4 Å². The summed E-state index contributed by atoms with van der Waals surface area (Å²) in [5, 5.41) is 3.04. The highest BCUT2D eigenvalue weighted by Gasteiger charge is 2.14. The van der Waals surface area contributed by atoms with Crippen molar-refractivity contribution in [1.29, 1.82) is 0 Å². The summed E-state index contributed by atoms with van der Waals surface area (Å²) in [6, 6.07) is 12.0. The van der Waals surface area contributed by atoms with Crippen LogP contribution >= 0.6 is 0 Å². The van der Waals surface area contributed by atoms with Gasteiger partial charge in [-0.3, -0.25) is 4.79 Å². The van der Waals surface area contributed by atoms with Gasteiger partial charge in [0, 0.05) is 37.6 Å². The zero-order valence-electron chi connectivity index (χ0n) is 14.4. The van der Waals surface area contributed by atoms with E-state index in [2.05, 4.69) is 25.2 Å². The Hall–Kier alpha value is -2.36. The van der Waals surface area contributed by atoms with Crippen LogP contribution in [0.2, 0.25) is 0 Å². The summed E-state index contributed by atoms with van der Waals surface area (Å²) >= 11 is 0. The second-order valence-electron chi connectivity index (χ2n) is 6.07. The molecule has 0 saturated heterocycles. The van der Waals surface area contributed by atoms with E-state index >= 15 is 0 Å². The molecule has 0 aliphatic heterocycles. The van der Waals surface area contributed by atoms with Crippen LogP contribution in [0, 0.1) is 0 Å². The molecule has 0 unspecified atom stereocenters. The number of benzene rings is 1. The van der Waals surface area contributed by atoms with Gasteiger partial charge in [-0.15, -0.1) is 0 Å². The summed E-state index contributed by atoms with van der Waals surface area (Å²) in [7, 11) is 4.00. The lowest BCUT2D eigenvalue weighted by molar-refractivity contribution is -0.684. The summed E-state index contributed by atoms with van der Waals surface area (Å²) in [4.78, 5) is 14.4. The summed E-state index contributed by atoms with van der Waals surface area (Å²) in [6.07, 6.45) is 4.90. The van der Waals surface area contributed by atoms with Crippen molar-refractivity contribution in [2.75, 3.05) is 24.3 Å². The Kier molecular flexibility index (Phi) is 5.74. The molecule has 0 spiro atoms. The molecular formula is C19H26N3O+. The molecule has 23 heavy (non-hydrogen) atoms. The van der Waals surface area contributed by atoms with Gasteiger partial charge in [0.2, 0.25) is 6.54 Å². The standard InChI is InChI=1S/C19H25N3O/c1-5-15(2)17-8-6-7-9-18(17)20-19(23)14-22-12-10-16(11-13-22)21(3)4/h6-13,15H,5,14H2,1-4H3/p+1/t15-/m0/s1. The maximum atomic E-state index is 12.3. The number of nitrogens with one attached hydrogen (secondary N) is 1. The number of pyridine rings is 1. The van der Waals surface area contributed by atoms with Crippen molar-refractivity contribution < 1.29 is 9.36 Å². The lowest BCUT2D eigenvalue weighted by atomic mass is 9.97. The molecule has 1 heterocycles. The number of hydrogen-bond acceptors (Lipinski definition) is 2. The predicted molar refractivity (Wildman–Crippen MR) is 94.7 cm³/mol. The summed E-state index contributed by atoms with van der Waals surface area (Å²) in [6.45, 7) is 4.65. The van der Waals surface area contributed by atoms with Crippen molar-refractivity contribution in [2.24, 2.45) is 0 Å². The van der Waals surface area contributed by atoms with E-state index in [0.717, 1.165) is 17.8 Å². The number of para-hydroxylation sites is 1. The van der Waals surface area contributed by atoms with E-state index in [1.165, 1.54) is 5.56 Å². The average molecular weight is 312 g/mol. The molecule has 2 aromatic rings. The van der Waals surface area contributed by atoms with E-state index in [9.17, 15) is 4.79 Å². The number of carbonyl (C=O) groups excluding carboxylic acids is 1. The highest BCUT2D eigenvalue weighted by molar-refractivity contribution is 5.90. The van der Waals surface area contributed by atoms with Crippen molar-refractivity contribution in [1.82, 2.24) is 0 Å². The van der Waals surface area contributed by atoms with Gasteiger partial charge < -0.3 is 10.2 Å². The molecule has 122 valence electrons. The van der Waals surface area contributed by atoms with Crippen LogP contribution in [0.15, 0.2) is 48.8 Å². The van der Waals surface area contributed by atoms with Gasteiger partial charge in [-0.05, 0) is 24.0 Å². The second kappa shape index (κ2) is 7.77. The van der Waals surface area contributed by atoms with Gasteiger partial charge in [-0.2, -0.15) is 4.57 Å². The molecule has 4 nitrogen and oxygen atoms in total. The Morgan fingerprint density at radius 1 is 1.17 bits per heavy atom.